The second-order valence-electron chi connectivity index (χ2n) is 5.44. The van der Waals surface area contributed by atoms with Crippen LogP contribution in [-0.2, 0) is 13.6 Å². The summed E-state index contributed by atoms with van der Waals surface area (Å²) in [6.45, 7) is 3.92. The molecule has 1 unspecified atom stereocenters. The Labute approximate surface area is 125 Å². The average Bonchev–Trinajstić information content (AvgIpc) is 2.93. The van der Waals surface area contributed by atoms with Crippen LogP contribution in [0.4, 0.5) is 0 Å². The number of benzene rings is 1. The van der Waals surface area contributed by atoms with E-state index in [1.165, 1.54) is 5.56 Å². The highest BCUT2D eigenvalue weighted by molar-refractivity contribution is 5.29. The van der Waals surface area contributed by atoms with Gasteiger partial charge in [-0.25, -0.2) is 0 Å². The third kappa shape index (κ3) is 3.25. The van der Waals surface area contributed by atoms with E-state index < -0.39 is 0 Å². The van der Waals surface area contributed by atoms with E-state index >= 15 is 0 Å². The molecular weight excluding hydrogens is 264 g/mol. The van der Waals surface area contributed by atoms with Crippen LogP contribution in [0.3, 0.4) is 0 Å². The molecule has 0 bridgehead atoms. The van der Waals surface area contributed by atoms with Gasteiger partial charge in [-0.05, 0) is 23.8 Å². The summed E-state index contributed by atoms with van der Waals surface area (Å²) < 4.78 is 7.10. The minimum absolute atomic E-state index is 0.381. The Balaban J connectivity index is 1.76. The number of rotatable bonds is 4. The van der Waals surface area contributed by atoms with Gasteiger partial charge < -0.3 is 10.1 Å². The predicted molar refractivity (Wildman–Crippen MR) is 82.2 cm³/mol. The maximum atomic E-state index is 5.24. The van der Waals surface area contributed by atoms with Crippen molar-refractivity contribution in [3.8, 4) is 5.75 Å². The topological polar surface area (TPSA) is 42.3 Å². The van der Waals surface area contributed by atoms with Crippen LogP contribution in [0.15, 0.2) is 36.5 Å². The third-order valence-corrected chi connectivity index (χ3v) is 3.99. The minimum Gasteiger partial charge on any atom is -0.497 e. The van der Waals surface area contributed by atoms with Gasteiger partial charge >= 0.3 is 0 Å². The molecule has 0 spiro atoms. The Kier molecular flexibility index (Phi) is 4.22. The molecule has 5 nitrogen and oxygen atoms in total. The highest BCUT2D eigenvalue weighted by Gasteiger charge is 2.24. The second-order valence-corrected chi connectivity index (χ2v) is 5.44. The Morgan fingerprint density at radius 3 is 2.76 bits per heavy atom. The van der Waals surface area contributed by atoms with E-state index in [1.807, 2.05) is 30.1 Å². The molecule has 1 aliphatic heterocycles. The van der Waals surface area contributed by atoms with Crippen LogP contribution in [0, 0.1) is 0 Å². The van der Waals surface area contributed by atoms with Gasteiger partial charge in [-0.3, -0.25) is 9.58 Å². The summed E-state index contributed by atoms with van der Waals surface area (Å²) in [7, 11) is 3.66. The number of ether oxygens (including phenoxy) is 1. The van der Waals surface area contributed by atoms with Gasteiger partial charge in [0.2, 0.25) is 0 Å². The molecule has 2 heterocycles. The summed E-state index contributed by atoms with van der Waals surface area (Å²) in [5.41, 5.74) is 2.44. The molecule has 5 heteroatoms. The quantitative estimate of drug-likeness (QED) is 0.926. The molecule has 1 atom stereocenters. The summed E-state index contributed by atoms with van der Waals surface area (Å²) in [5.74, 6) is 0.902. The van der Waals surface area contributed by atoms with Crippen molar-refractivity contribution < 1.29 is 4.74 Å². The molecule has 1 N–H and O–H groups in total. The molecule has 1 aromatic carbocycles. The van der Waals surface area contributed by atoms with E-state index in [0.717, 1.165) is 37.6 Å². The highest BCUT2D eigenvalue weighted by Crippen LogP contribution is 2.25. The van der Waals surface area contributed by atoms with Gasteiger partial charge in [-0.15, -0.1) is 0 Å². The van der Waals surface area contributed by atoms with Crippen molar-refractivity contribution in [2.24, 2.45) is 7.05 Å². The normalized spacial score (nSPS) is 19.6. The number of aryl methyl sites for hydroxylation is 1. The van der Waals surface area contributed by atoms with E-state index in [1.54, 1.807) is 7.11 Å². The summed E-state index contributed by atoms with van der Waals surface area (Å²) in [5, 5.41) is 7.98. The fourth-order valence-corrected chi connectivity index (χ4v) is 2.85. The van der Waals surface area contributed by atoms with Crippen molar-refractivity contribution in [3.63, 3.8) is 0 Å². The number of hydrogen-bond donors (Lipinski definition) is 1. The van der Waals surface area contributed by atoms with Crippen molar-refractivity contribution in [1.82, 2.24) is 20.0 Å². The van der Waals surface area contributed by atoms with Crippen molar-refractivity contribution in [2.75, 3.05) is 26.7 Å². The maximum Gasteiger partial charge on any atom is 0.118 e. The molecule has 112 valence electrons. The van der Waals surface area contributed by atoms with Crippen LogP contribution in [0.5, 0.6) is 5.75 Å². The first-order chi connectivity index (χ1) is 10.3. The zero-order chi connectivity index (χ0) is 14.7. The fraction of sp³-hybridized carbons (Fsp3) is 0.438. The van der Waals surface area contributed by atoms with Crippen LogP contribution in [0.2, 0.25) is 0 Å². The lowest BCUT2D eigenvalue weighted by molar-refractivity contribution is 0.151. The first-order valence-corrected chi connectivity index (χ1v) is 7.33. The van der Waals surface area contributed by atoms with Gasteiger partial charge in [0.05, 0.1) is 12.8 Å². The first kappa shape index (κ1) is 14.1. The highest BCUT2D eigenvalue weighted by atomic mass is 16.5. The van der Waals surface area contributed by atoms with E-state index in [-0.39, 0.29) is 0 Å². The van der Waals surface area contributed by atoms with Crippen LogP contribution in [-0.4, -0.2) is 41.4 Å². The smallest absolute Gasteiger partial charge is 0.118 e. The molecule has 0 amide bonds. The summed E-state index contributed by atoms with van der Waals surface area (Å²) in [6.07, 6.45) is 2.00. The molecule has 21 heavy (non-hydrogen) atoms. The van der Waals surface area contributed by atoms with Gasteiger partial charge in [-0.1, -0.05) is 12.1 Å². The Bertz CT molecular complexity index is 578. The third-order valence-electron chi connectivity index (χ3n) is 3.99. The Morgan fingerprint density at radius 1 is 1.29 bits per heavy atom. The van der Waals surface area contributed by atoms with E-state index in [9.17, 15) is 0 Å². The monoisotopic (exact) mass is 286 g/mol. The standard InChI is InChI=1S/C16H22N4O/c1-19-9-7-14(18-19)12-20-10-8-17-11-16(20)13-3-5-15(21-2)6-4-13/h3-7,9,16-17H,8,10-12H2,1-2H3. The second kappa shape index (κ2) is 6.28. The van der Waals surface area contributed by atoms with E-state index in [2.05, 4.69) is 33.5 Å². The molecule has 2 aromatic rings. The molecule has 3 rings (SSSR count). The fourth-order valence-electron chi connectivity index (χ4n) is 2.85. The number of nitrogens with zero attached hydrogens (tertiary/aromatic N) is 3. The molecule has 1 aromatic heterocycles. The van der Waals surface area contributed by atoms with Gasteiger partial charge in [0.1, 0.15) is 5.75 Å². The van der Waals surface area contributed by atoms with Crippen LogP contribution >= 0.6 is 0 Å². The summed E-state index contributed by atoms with van der Waals surface area (Å²) >= 11 is 0. The zero-order valence-electron chi connectivity index (χ0n) is 12.6. The van der Waals surface area contributed by atoms with E-state index in [0.29, 0.717) is 6.04 Å². The summed E-state index contributed by atoms with van der Waals surface area (Å²) in [6, 6.07) is 10.8. The van der Waals surface area contributed by atoms with Crippen molar-refractivity contribution >= 4 is 0 Å². The van der Waals surface area contributed by atoms with E-state index in [4.69, 9.17) is 4.74 Å². The molecule has 0 aliphatic carbocycles. The number of hydrogen-bond acceptors (Lipinski definition) is 4. The van der Waals surface area contributed by atoms with Gasteiger partial charge in [0.25, 0.3) is 0 Å². The number of aromatic nitrogens is 2. The number of nitrogens with one attached hydrogen (secondary N) is 1. The first-order valence-electron chi connectivity index (χ1n) is 7.33. The molecule has 0 saturated carbocycles. The predicted octanol–water partition coefficient (Wildman–Crippen LogP) is 1.58. The van der Waals surface area contributed by atoms with Gasteiger partial charge in [-0.2, -0.15) is 5.10 Å². The SMILES string of the molecule is COc1ccc(C2CNCCN2Cc2ccn(C)n2)cc1. The van der Waals surface area contributed by atoms with Crippen LogP contribution in [0.1, 0.15) is 17.3 Å². The average molecular weight is 286 g/mol. The van der Waals surface area contributed by atoms with Gasteiger partial charge in [0, 0.05) is 45.5 Å². The zero-order valence-corrected chi connectivity index (χ0v) is 12.6. The molecule has 1 aliphatic rings. The van der Waals surface area contributed by atoms with Crippen LogP contribution < -0.4 is 10.1 Å². The Hall–Kier alpha value is -1.85. The lowest BCUT2D eigenvalue weighted by Gasteiger charge is -2.36. The largest absolute Gasteiger partial charge is 0.497 e. The molecular formula is C16H22N4O. The molecule has 1 fully saturated rings. The van der Waals surface area contributed by atoms with Crippen LogP contribution in [0.25, 0.3) is 0 Å². The summed E-state index contributed by atoms with van der Waals surface area (Å²) in [4.78, 5) is 2.49. The number of methoxy groups -OCH3 is 1. The minimum atomic E-state index is 0.381. The Morgan fingerprint density at radius 2 is 2.10 bits per heavy atom. The van der Waals surface area contributed by atoms with Crippen molar-refractivity contribution in [3.05, 3.63) is 47.8 Å². The van der Waals surface area contributed by atoms with Crippen molar-refractivity contribution in [2.45, 2.75) is 12.6 Å². The lowest BCUT2D eigenvalue weighted by atomic mass is 10.0. The maximum absolute atomic E-state index is 5.24. The molecule has 1 saturated heterocycles. The molecule has 0 radical (unpaired) electrons. The van der Waals surface area contributed by atoms with Crippen molar-refractivity contribution in [1.29, 1.82) is 0 Å². The lowest BCUT2D eigenvalue weighted by Crippen LogP contribution is -2.45. The van der Waals surface area contributed by atoms with Gasteiger partial charge in [0.15, 0.2) is 0 Å². The number of piperazine rings is 1.